The molecule has 0 saturated heterocycles. The number of rotatable bonds is 2. The molecule has 1 aromatic carbocycles. The molecule has 0 fully saturated rings. The summed E-state index contributed by atoms with van der Waals surface area (Å²) in [5.74, 6) is 1.26. The van der Waals surface area contributed by atoms with Gasteiger partial charge in [-0.25, -0.2) is 9.97 Å². The standard InChI is InChI=1S/C16H11N3O2/c17-10-4-1-5-11-14(10)19-16(13-7-3-9-21-13)15(18-11)12-6-2-8-20-12/h1-9H,17H2. The van der Waals surface area contributed by atoms with Crippen LogP contribution in [0.1, 0.15) is 0 Å². The maximum atomic E-state index is 5.99. The van der Waals surface area contributed by atoms with Crippen LogP contribution in [-0.2, 0) is 0 Å². The van der Waals surface area contributed by atoms with E-state index in [0.29, 0.717) is 34.1 Å². The van der Waals surface area contributed by atoms with E-state index in [-0.39, 0.29) is 0 Å². The Labute approximate surface area is 120 Å². The zero-order valence-electron chi connectivity index (χ0n) is 11.0. The Morgan fingerprint density at radius 3 is 2.05 bits per heavy atom. The summed E-state index contributed by atoms with van der Waals surface area (Å²) in [6.07, 6.45) is 3.20. The number of nitrogen functional groups attached to an aromatic ring is 1. The van der Waals surface area contributed by atoms with Crippen LogP contribution in [0.2, 0.25) is 0 Å². The van der Waals surface area contributed by atoms with Gasteiger partial charge in [-0.05, 0) is 36.4 Å². The molecule has 4 rings (SSSR count). The second kappa shape index (κ2) is 4.49. The van der Waals surface area contributed by atoms with Gasteiger partial charge in [-0.2, -0.15) is 0 Å². The molecule has 102 valence electrons. The normalized spacial score (nSPS) is 11.0. The number of para-hydroxylation sites is 1. The van der Waals surface area contributed by atoms with Gasteiger partial charge >= 0.3 is 0 Å². The zero-order valence-corrected chi connectivity index (χ0v) is 11.0. The Hall–Kier alpha value is -3.08. The Morgan fingerprint density at radius 2 is 1.43 bits per heavy atom. The van der Waals surface area contributed by atoms with E-state index in [1.165, 1.54) is 0 Å². The van der Waals surface area contributed by atoms with Crippen molar-refractivity contribution in [1.82, 2.24) is 9.97 Å². The summed E-state index contributed by atoms with van der Waals surface area (Å²) < 4.78 is 10.9. The molecule has 0 aliphatic rings. The number of nitrogens with two attached hydrogens (primary N) is 1. The molecule has 0 saturated carbocycles. The van der Waals surface area contributed by atoms with Crippen molar-refractivity contribution in [3.63, 3.8) is 0 Å². The van der Waals surface area contributed by atoms with Crippen molar-refractivity contribution in [2.45, 2.75) is 0 Å². The second-order valence-electron chi connectivity index (χ2n) is 4.59. The molecular weight excluding hydrogens is 266 g/mol. The molecule has 3 heterocycles. The molecular formula is C16H11N3O2. The minimum Gasteiger partial charge on any atom is -0.463 e. The van der Waals surface area contributed by atoms with Crippen LogP contribution in [0.3, 0.4) is 0 Å². The first-order chi connectivity index (χ1) is 10.3. The summed E-state index contributed by atoms with van der Waals surface area (Å²) in [5.41, 5.74) is 9.19. The smallest absolute Gasteiger partial charge is 0.154 e. The van der Waals surface area contributed by atoms with Gasteiger partial charge in [0, 0.05) is 0 Å². The lowest BCUT2D eigenvalue weighted by atomic mass is 10.1. The van der Waals surface area contributed by atoms with Gasteiger partial charge in [-0.3, -0.25) is 0 Å². The molecule has 0 bridgehead atoms. The first-order valence-corrected chi connectivity index (χ1v) is 6.47. The third-order valence-corrected chi connectivity index (χ3v) is 3.24. The van der Waals surface area contributed by atoms with Crippen LogP contribution in [0.4, 0.5) is 5.69 Å². The lowest BCUT2D eigenvalue weighted by Crippen LogP contribution is -1.97. The summed E-state index contributed by atoms with van der Waals surface area (Å²) in [5, 5.41) is 0. The quantitative estimate of drug-likeness (QED) is 0.565. The molecule has 0 spiro atoms. The highest BCUT2D eigenvalue weighted by Crippen LogP contribution is 2.32. The Kier molecular flexibility index (Phi) is 2.50. The van der Waals surface area contributed by atoms with Gasteiger partial charge in [0.2, 0.25) is 0 Å². The molecule has 3 aromatic heterocycles. The maximum Gasteiger partial charge on any atom is 0.154 e. The minimum atomic E-state index is 0.582. The van der Waals surface area contributed by atoms with E-state index < -0.39 is 0 Å². The molecule has 0 aliphatic carbocycles. The van der Waals surface area contributed by atoms with Gasteiger partial charge in [0.1, 0.15) is 16.9 Å². The first kappa shape index (κ1) is 11.7. The predicted molar refractivity (Wildman–Crippen MR) is 79.4 cm³/mol. The van der Waals surface area contributed by atoms with E-state index in [2.05, 4.69) is 9.97 Å². The Bertz CT molecular complexity index is 897. The summed E-state index contributed by atoms with van der Waals surface area (Å²) in [6, 6.07) is 12.8. The number of nitrogens with zero attached hydrogens (tertiary/aromatic N) is 2. The summed E-state index contributed by atoms with van der Waals surface area (Å²) >= 11 is 0. The van der Waals surface area contributed by atoms with Crippen molar-refractivity contribution in [3.05, 3.63) is 55.0 Å². The number of anilines is 1. The SMILES string of the molecule is Nc1cccc2nc(-c3ccco3)c(-c3ccco3)nc12. The van der Waals surface area contributed by atoms with Gasteiger partial charge in [0.25, 0.3) is 0 Å². The van der Waals surface area contributed by atoms with Crippen molar-refractivity contribution >= 4 is 16.7 Å². The summed E-state index contributed by atoms with van der Waals surface area (Å²) in [7, 11) is 0. The van der Waals surface area contributed by atoms with Crippen LogP contribution in [0.5, 0.6) is 0 Å². The van der Waals surface area contributed by atoms with Crippen LogP contribution in [0.25, 0.3) is 33.9 Å². The predicted octanol–water partition coefficient (Wildman–Crippen LogP) is 3.73. The molecule has 21 heavy (non-hydrogen) atoms. The molecule has 0 atom stereocenters. The molecule has 5 nitrogen and oxygen atoms in total. The van der Waals surface area contributed by atoms with Crippen LogP contribution in [0, 0.1) is 0 Å². The van der Waals surface area contributed by atoms with Crippen LogP contribution in [0.15, 0.2) is 63.8 Å². The average molecular weight is 277 g/mol. The highest BCUT2D eigenvalue weighted by molar-refractivity contribution is 5.90. The topological polar surface area (TPSA) is 78.1 Å². The van der Waals surface area contributed by atoms with Crippen molar-refractivity contribution in [3.8, 4) is 22.9 Å². The zero-order chi connectivity index (χ0) is 14.2. The Morgan fingerprint density at radius 1 is 0.762 bits per heavy atom. The van der Waals surface area contributed by atoms with E-state index in [0.717, 1.165) is 5.52 Å². The molecule has 0 amide bonds. The third kappa shape index (κ3) is 1.87. The van der Waals surface area contributed by atoms with Crippen molar-refractivity contribution in [2.24, 2.45) is 0 Å². The monoisotopic (exact) mass is 277 g/mol. The maximum absolute atomic E-state index is 5.99. The number of fused-ring (bicyclic) bond motifs is 1. The van der Waals surface area contributed by atoms with Crippen molar-refractivity contribution in [1.29, 1.82) is 0 Å². The van der Waals surface area contributed by atoms with E-state index >= 15 is 0 Å². The van der Waals surface area contributed by atoms with Gasteiger partial charge in [0.15, 0.2) is 11.5 Å². The van der Waals surface area contributed by atoms with Crippen LogP contribution >= 0.6 is 0 Å². The molecule has 2 N–H and O–H groups in total. The van der Waals surface area contributed by atoms with Gasteiger partial charge in [-0.1, -0.05) is 6.07 Å². The number of furan rings is 2. The molecule has 4 aromatic rings. The molecule has 0 radical (unpaired) electrons. The molecule has 0 unspecified atom stereocenters. The van der Waals surface area contributed by atoms with E-state index in [9.17, 15) is 0 Å². The lowest BCUT2D eigenvalue weighted by Gasteiger charge is -2.07. The fourth-order valence-electron chi connectivity index (χ4n) is 2.27. The van der Waals surface area contributed by atoms with Crippen molar-refractivity contribution < 1.29 is 8.83 Å². The first-order valence-electron chi connectivity index (χ1n) is 6.47. The largest absolute Gasteiger partial charge is 0.463 e. The van der Waals surface area contributed by atoms with E-state index in [1.807, 2.05) is 36.4 Å². The fraction of sp³-hybridized carbons (Fsp3) is 0. The summed E-state index contributed by atoms with van der Waals surface area (Å²) in [6.45, 7) is 0. The van der Waals surface area contributed by atoms with E-state index in [4.69, 9.17) is 14.6 Å². The van der Waals surface area contributed by atoms with Crippen LogP contribution < -0.4 is 5.73 Å². The van der Waals surface area contributed by atoms with Gasteiger partial charge < -0.3 is 14.6 Å². The van der Waals surface area contributed by atoms with E-state index in [1.54, 1.807) is 18.6 Å². The second-order valence-corrected chi connectivity index (χ2v) is 4.59. The highest BCUT2D eigenvalue weighted by Gasteiger charge is 2.17. The third-order valence-electron chi connectivity index (χ3n) is 3.24. The number of benzene rings is 1. The van der Waals surface area contributed by atoms with Crippen molar-refractivity contribution in [2.75, 3.05) is 5.73 Å². The van der Waals surface area contributed by atoms with Crippen LogP contribution in [-0.4, -0.2) is 9.97 Å². The lowest BCUT2D eigenvalue weighted by molar-refractivity contribution is 0.572. The molecule has 5 heteroatoms. The van der Waals surface area contributed by atoms with Gasteiger partial charge in [-0.15, -0.1) is 0 Å². The number of hydrogen-bond acceptors (Lipinski definition) is 5. The van der Waals surface area contributed by atoms with Gasteiger partial charge in [0.05, 0.1) is 23.7 Å². The minimum absolute atomic E-state index is 0.582. The Balaban J connectivity index is 2.08. The average Bonchev–Trinajstić information content (AvgIpc) is 3.20. The highest BCUT2D eigenvalue weighted by atomic mass is 16.3. The summed E-state index contributed by atoms with van der Waals surface area (Å²) in [4.78, 5) is 9.27. The fourth-order valence-corrected chi connectivity index (χ4v) is 2.27. The molecule has 0 aliphatic heterocycles. The number of aromatic nitrogens is 2. The number of hydrogen-bond donors (Lipinski definition) is 1.